The van der Waals surface area contributed by atoms with Crippen LogP contribution in [0.4, 0.5) is 0 Å². The normalized spacial score (nSPS) is 14.8. The lowest BCUT2D eigenvalue weighted by atomic mass is 10.1. The zero-order valence-corrected chi connectivity index (χ0v) is 13.5. The molecule has 1 N–H and O–H groups in total. The third-order valence-electron chi connectivity index (χ3n) is 3.84. The van der Waals surface area contributed by atoms with E-state index in [0.29, 0.717) is 5.54 Å². The Labute approximate surface area is 111 Å². The van der Waals surface area contributed by atoms with Crippen molar-refractivity contribution in [1.82, 2.24) is 0 Å². The maximum Gasteiger partial charge on any atom is 0.172 e. The van der Waals surface area contributed by atoms with Gasteiger partial charge in [0.15, 0.2) is 9.04 Å². The molecule has 0 radical (unpaired) electrons. The van der Waals surface area contributed by atoms with Crippen LogP contribution in [0, 0.1) is 0 Å². The van der Waals surface area contributed by atoms with Crippen molar-refractivity contribution in [1.29, 1.82) is 0 Å². The maximum absolute atomic E-state index is 9.50. The van der Waals surface area contributed by atoms with Crippen molar-refractivity contribution in [3.8, 4) is 0 Å². The molecule has 0 bridgehead atoms. The van der Waals surface area contributed by atoms with E-state index in [1.54, 1.807) is 0 Å². The molecular formula is C15H34OSi. The van der Waals surface area contributed by atoms with Gasteiger partial charge in [0.1, 0.15) is 0 Å². The molecule has 0 saturated carbocycles. The summed E-state index contributed by atoms with van der Waals surface area (Å²) in [6.45, 7) is 6.53. The van der Waals surface area contributed by atoms with Crippen LogP contribution in [0.5, 0.6) is 0 Å². The third kappa shape index (κ3) is 12.4. The van der Waals surface area contributed by atoms with E-state index in [1.807, 2.05) is 6.55 Å². The Morgan fingerprint density at radius 3 is 1.65 bits per heavy atom. The van der Waals surface area contributed by atoms with Gasteiger partial charge >= 0.3 is 0 Å². The van der Waals surface area contributed by atoms with Gasteiger partial charge in [-0.1, -0.05) is 84.5 Å². The molecule has 0 aliphatic rings. The molecule has 1 nitrogen and oxygen atoms in total. The van der Waals surface area contributed by atoms with Crippen LogP contribution in [0.25, 0.3) is 0 Å². The molecule has 0 saturated heterocycles. The van der Waals surface area contributed by atoms with Crippen molar-refractivity contribution >= 4 is 9.04 Å². The van der Waals surface area contributed by atoms with Crippen molar-refractivity contribution in [2.75, 3.05) is 0 Å². The maximum atomic E-state index is 9.50. The summed E-state index contributed by atoms with van der Waals surface area (Å²) >= 11 is 0. The van der Waals surface area contributed by atoms with Crippen LogP contribution in [0.1, 0.15) is 84.5 Å². The molecule has 0 aliphatic carbocycles. The Hall–Kier alpha value is 0.177. The topological polar surface area (TPSA) is 20.2 Å². The fourth-order valence-electron chi connectivity index (χ4n) is 2.19. The second-order valence-electron chi connectivity index (χ2n) is 5.69. The minimum Gasteiger partial charge on any atom is -0.435 e. The SMILES string of the molecule is CCCCCCCCCCCCC(C)[SiH](C)O. The van der Waals surface area contributed by atoms with Crippen molar-refractivity contribution in [2.45, 2.75) is 96.6 Å². The summed E-state index contributed by atoms with van der Waals surface area (Å²) in [7, 11) is -1.35. The lowest BCUT2D eigenvalue weighted by Gasteiger charge is -2.12. The summed E-state index contributed by atoms with van der Waals surface area (Å²) in [5.41, 5.74) is 0.615. The van der Waals surface area contributed by atoms with Gasteiger partial charge in [-0.3, -0.25) is 0 Å². The average molecular weight is 259 g/mol. The van der Waals surface area contributed by atoms with E-state index in [1.165, 1.54) is 70.6 Å². The van der Waals surface area contributed by atoms with Crippen molar-refractivity contribution in [3.63, 3.8) is 0 Å². The second kappa shape index (κ2) is 12.6. The molecule has 2 heteroatoms. The van der Waals surface area contributed by atoms with Crippen LogP contribution in [-0.2, 0) is 0 Å². The summed E-state index contributed by atoms with van der Waals surface area (Å²) < 4.78 is 0. The van der Waals surface area contributed by atoms with E-state index in [2.05, 4.69) is 13.8 Å². The summed E-state index contributed by atoms with van der Waals surface area (Å²) in [5, 5.41) is 0. The van der Waals surface area contributed by atoms with E-state index < -0.39 is 9.04 Å². The highest BCUT2D eigenvalue weighted by molar-refractivity contribution is 6.50. The Morgan fingerprint density at radius 2 is 1.24 bits per heavy atom. The molecule has 0 aliphatic heterocycles. The zero-order chi connectivity index (χ0) is 12.9. The highest BCUT2D eigenvalue weighted by Crippen LogP contribution is 2.18. The van der Waals surface area contributed by atoms with Gasteiger partial charge < -0.3 is 4.80 Å². The number of hydrogen-bond acceptors (Lipinski definition) is 1. The summed E-state index contributed by atoms with van der Waals surface area (Å²) in [6.07, 6.45) is 15.3. The van der Waals surface area contributed by atoms with Gasteiger partial charge in [0, 0.05) is 0 Å². The van der Waals surface area contributed by atoms with Gasteiger partial charge in [0.25, 0.3) is 0 Å². The van der Waals surface area contributed by atoms with E-state index in [0.717, 1.165) is 0 Å². The average Bonchev–Trinajstić information content (AvgIpc) is 2.31. The first-order valence-corrected chi connectivity index (χ1v) is 10.2. The van der Waals surface area contributed by atoms with Crippen LogP contribution in [0.2, 0.25) is 12.1 Å². The first-order valence-electron chi connectivity index (χ1n) is 7.86. The van der Waals surface area contributed by atoms with Crippen LogP contribution in [0.15, 0.2) is 0 Å². The predicted molar refractivity (Wildman–Crippen MR) is 81.1 cm³/mol. The van der Waals surface area contributed by atoms with Gasteiger partial charge in [-0.05, 0) is 12.1 Å². The Kier molecular flexibility index (Phi) is 12.8. The summed E-state index contributed by atoms with van der Waals surface area (Å²) in [4.78, 5) is 9.50. The molecule has 0 fully saturated rings. The first kappa shape index (κ1) is 17.2. The standard InChI is InChI=1S/C15H34OSi/c1-4-5-6-7-8-9-10-11-12-13-14-15(2)17(3)16/h15-17H,4-14H2,1-3H3. The molecular weight excluding hydrogens is 224 g/mol. The first-order chi connectivity index (χ1) is 8.18. The molecule has 0 aromatic rings. The van der Waals surface area contributed by atoms with Gasteiger partial charge in [0.05, 0.1) is 0 Å². The third-order valence-corrected chi connectivity index (χ3v) is 5.82. The minimum atomic E-state index is -1.35. The molecule has 0 aromatic carbocycles. The molecule has 0 aromatic heterocycles. The summed E-state index contributed by atoms with van der Waals surface area (Å²) in [5.74, 6) is 0. The monoisotopic (exact) mass is 258 g/mol. The highest BCUT2D eigenvalue weighted by Gasteiger charge is 2.09. The molecule has 104 valence electrons. The molecule has 0 rings (SSSR count). The van der Waals surface area contributed by atoms with E-state index in [-0.39, 0.29) is 0 Å². The number of hydrogen-bond donors (Lipinski definition) is 1. The molecule has 2 atom stereocenters. The zero-order valence-electron chi connectivity index (χ0n) is 12.4. The highest BCUT2D eigenvalue weighted by atomic mass is 28.3. The Bertz CT molecular complexity index is 148. The predicted octanol–water partition coefficient (Wildman–Crippen LogP) is 5.03. The lowest BCUT2D eigenvalue weighted by molar-refractivity contribution is 0.520. The van der Waals surface area contributed by atoms with Gasteiger partial charge in [-0.15, -0.1) is 0 Å². The number of rotatable bonds is 12. The van der Waals surface area contributed by atoms with Gasteiger partial charge in [0.2, 0.25) is 0 Å². The summed E-state index contributed by atoms with van der Waals surface area (Å²) in [6, 6.07) is 0. The Balaban J connectivity index is 3.03. The molecule has 0 heterocycles. The number of unbranched alkanes of at least 4 members (excludes halogenated alkanes) is 9. The lowest BCUT2D eigenvalue weighted by Crippen LogP contribution is -2.12. The van der Waals surface area contributed by atoms with Crippen molar-refractivity contribution in [2.24, 2.45) is 0 Å². The largest absolute Gasteiger partial charge is 0.435 e. The van der Waals surface area contributed by atoms with E-state index in [9.17, 15) is 4.80 Å². The minimum absolute atomic E-state index is 0.615. The van der Waals surface area contributed by atoms with E-state index >= 15 is 0 Å². The Morgan fingerprint density at radius 1 is 0.824 bits per heavy atom. The van der Waals surface area contributed by atoms with Crippen LogP contribution < -0.4 is 0 Å². The molecule has 0 amide bonds. The fourth-order valence-corrected chi connectivity index (χ4v) is 2.91. The molecule has 2 unspecified atom stereocenters. The quantitative estimate of drug-likeness (QED) is 0.384. The second-order valence-corrected chi connectivity index (χ2v) is 8.31. The fraction of sp³-hybridized carbons (Fsp3) is 1.00. The van der Waals surface area contributed by atoms with Gasteiger partial charge in [-0.25, -0.2) is 0 Å². The van der Waals surface area contributed by atoms with Crippen LogP contribution >= 0.6 is 0 Å². The molecule has 0 spiro atoms. The van der Waals surface area contributed by atoms with E-state index in [4.69, 9.17) is 0 Å². The van der Waals surface area contributed by atoms with Crippen molar-refractivity contribution < 1.29 is 4.80 Å². The molecule has 17 heavy (non-hydrogen) atoms. The van der Waals surface area contributed by atoms with Crippen LogP contribution in [-0.4, -0.2) is 13.8 Å². The van der Waals surface area contributed by atoms with Crippen LogP contribution in [0.3, 0.4) is 0 Å². The smallest absolute Gasteiger partial charge is 0.172 e. The van der Waals surface area contributed by atoms with Gasteiger partial charge in [-0.2, -0.15) is 0 Å². The van der Waals surface area contributed by atoms with Crippen molar-refractivity contribution in [3.05, 3.63) is 0 Å².